The van der Waals surface area contributed by atoms with Crippen LogP contribution >= 0.6 is 0 Å². The Hall–Kier alpha value is -2.03. The lowest BCUT2D eigenvalue weighted by molar-refractivity contribution is 0.343. The maximum Gasteiger partial charge on any atom is 0.256 e. The van der Waals surface area contributed by atoms with Gasteiger partial charge < -0.3 is 9.47 Å². The molecule has 0 bridgehead atoms. The van der Waals surface area contributed by atoms with Gasteiger partial charge in [-0.15, -0.1) is 0 Å². The van der Waals surface area contributed by atoms with Crippen molar-refractivity contribution in [2.75, 3.05) is 14.2 Å². The average molecular weight is 215 g/mol. The fourth-order valence-corrected chi connectivity index (χ4v) is 1.52. The number of aromatic nitrogens is 1. The fraction of sp³-hybridized carbons (Fsp3) is 0.154. The van der Waals surface area contributed by atoms with Crippen molar-refractivity contribution in [3.05, 3.63) is 42.6 Å². The molecule has 82 valence electrons. The van der Waals surface area contributed by atoms with Crippen LogP contribution in [0.1, 0.15) is 0 Å². The minimum atomic E-state index is 0.502. The van der Waals surface area contributed by atoms with E-state index in [0.29, 0.717) is 11.6 Å². The molecule has 0 saturated carbocycles. The topological polar surface area (TPSA) is 31.4 Å². The summed E-state index contributed by atoms with van der Waals surface area (Å²) in [5.74, 6) is 1.14. The summed E-state index contributed by atoms with van der Waals surface area (Å²) in [6.07, 6.45) is 1.77. The van der Waals surface area contributed by atoms with Crippen LogP contribution in [-0.2, 0) is 0 Å². The van der Waals surface area contributed by atoms with Crippen molar-refractivity contribution in [3.8, 4) is 22.8 Å². The van der Waals surface area contributed by atoms with E-state index in [1.807, 2.05) is 36.4 Å². The number of pyridine rings is 1. The number of hydrogen-bond acceptors (Lipinski definition) is 3. The highest BCUT2D eigenvalue weighted by atomic mass is 16.5. The van der Waals surface area contributed by atoms with Gasteiger partial charge in [-0.25, -0.2) is 4.98 Å². The zero-order valence-electron chi connectivity index (χ0n) is 9.31. The second kappa shape index (κ2) is 4.66. The Morgan fingerprint density at radius 1 is 0.938 bits per heavy atom. The highest BCUT2D eigenvalue weighted by Gasteiger charge is 2.06. The van der Waals surface area contributed by atoms with Crippen LogP contribution in [0.25, 0.3) is 11.1 Å². The summed E-state index contributed by atoms with van der Waals surface area (Å²) in [5.41, 5.74) is 2.12. The average Bonchev–Trinajstić information content (AvgIpc) is 2.39. The maximum atomic E-state index is 5.21. The lowest BCUT2D eigenvalue weighted by Crippen LogP contribution is -1.93. The van der Waals surface area contributed by atoms with Crippen LogP contribution < -0.4 is 9.47 Å². The second-order valence-electron chi connectivity index (χ2n) is 3.30. The number of benzene rings is 1. The quantitative estimate of drug-likeness (QED) is 0.788. The van der Waals surface area contributed by atoms with Crippen molar-refractivity contribution < 1.29 is 9.47 Å². The van der Waals surface area contributed by atoms with E-state index in [9.17, 15) is 0 Å². The first-order valence-electron chi connectivity index (χ1n) is 4.98. The first-order valence-corrected chi connectivity index (χ1v) is 4.98. The molecular formula is C13H13NO2. The van der Waals surface area contributed by atoms with E-state index < -0.39 is 0 Å². The Bertz CT molecular complexity index is 469. The van der Waals surface area contributed by atoms with Gasteiger partial charge in [0.1, 0.15) is 0 Å². The maximum absolute atomic E-state index is 5.21. The molecule has 0 aliphatic rings. The lowest BCUT2D eigenvalue weighted by atomic mass is 10.1. The highest BCUT2D eigenvalue weighted by Crippen LogP contribution is 2.29. The Labute approximate surface area is 94.7 Å². The van der Waals surface area contributed by atoms with Crippen LogP contribution in [0.15, 0.2) is 42.6 Å². The van der Waals surface area contributed by atoms with Crippen LogP contribution in [0.4, 0.5) is 0 Å². The fourth-order valence-electron chi connectivity index (χ4n) is 1.52. The van der Waals surface area contributed by atoms with Crippen molar-refractivity contribution >= 4 is 0 Å². The molecule has 0 amide bonds. The number of hydrogen-bond donors (Lipinski definition) is 0. The van der Waals surface area contributed by atoms with Crippen LogP contribution in [0.2, 0.25) is 0 Å². The Balaban J connectivity index is 2.44. The zero-order chi connectivity index (χ0) is 11.4. The molecule has 0 saturated heterocycles. The summed E-state index contributed by atoms with van der Waals surface area (Å²) in [6, 6.07) is 11.9. The van der Waals surface area contributed by atoms with E-state index in [1.165, 1.54) is 0 Å². The monoisotopic (exact) mass is 215 g/mol. The van der Waals surface area contributed by atoms with Crippen LogP contribution in [-0.4, -0.2) is 19.2 Å². The van der Waals surface area contributed by atoms with Crippen molar-refractivity contribution in [1.29, 1.82) is 0 Å². The molecule has 2 rings (SSSR count). The minimum absolute atomic E-state index is 0.502. The van der Waals surface area contributed by atoms with Crippen LogP contribution in [0.3, 0.4) is 0 Å². The molecule has 3 nitrogen and oxygen atoms in total. The third-order valence-electron chi connectivity index (χ3n) is 2.34. The van der Waals surface area contributed by atoms with Crippen molar-refractivity contribution in [2.45, 2.75) is 0 Å². The normalized spacial score (nSPS) is 9.88. The van der Waals surface area contributed by atoms with Crippen molar-refractivity contribution in [2.24, 2.45) is 0 Å². The Kier molecular flexibility index (Phi) is 3.05. The SMILES string of the molecule is COc1cc(-c2ccccc2)cnc1OC. The summed E-state index contributed by atoms with van der Waals surface area (Å²) >= 11 is 0. The summed E-state index contributed by atoms with van der Waals surface area (Å²) in [7, 11) is 3.18. The molecule has 0 unspecified atom stereocenters. The molecule has 0 aliphatic carbocycles. The van der Waals surface area contributed by atoms with Gasteiger partial charge in [-0.2, -0.15) is 0 Å². The number of nitrogens with zero attached hydrogens (tertiary/aromatic N) is 1. The summed E-state index contributed by atoms with van der Waals surface area (Å²) < 4.78 is 10.3. The van der Waals surface area contributed by atoms with Gasteiger partial charge >= 0.3 is 0 Å². The number of rotatable bonds is 3. The molecule has 1 aromatic heterocycles. The van der Waals surface area contributed by atoms with E-state index in [-0.39, 0.29) is 0 Å². The lowest BCUT2D eigenvalue weighted by Gasteiger charge is -2.08. The molecule has 0 aliphatic heterocycles. The first kappa shape index (κ1) is 10.5. The van der Waals surface area contributed by atoms with Gasteiger partial charge in [0.15, 0.2) is 5.75 Å². The molecule has 16 heavy (non-hydrogen) atoms. The highest BCUT2D eigenvalue weighted by molar-refractivity contribution is 5.64. The second-order valence-corrected chi connectivity index (χ2v) is 3.30. The molecule has 0 spiro atoms. The minimum Gasteiger partial charge on any atom is -0.491 e. The predicted octanol–water partition coefficient (Wildman–Crippen LogP) is 2.77. The third-order valence-corrected chi connectivity index (χ3v) is 2.34. The van der Waals surface area contributed by atoms with E-state index in [0.717, 1.165) is 11.1 Å². The number of ether oxygens (including phenoxy) is 2. The van der Waals surface area contributed by atoms with Gasteiger partial charge in [-0.1, -0.05) is 30.3 Å². The van der Waals surface area contributed by atoms with E-state index in [4.69, 9.17) is 9.47 Å². The Morgan fingerprint density at radius 3 is 2.31 bits per heavy atom. The van der Waals surface area contributed by atoms with Gasteiger partial charge in [-0.05, 0) is 11.6 Å². The molecular weight excluding hydrogens is 202 g/mol. The van der Waals surface area contributed by atoms with E-state index in [1.54, 1.807) is 20.4 Å². The summed E-state index contributed by atoms with van der Waals surface area (Å²) in [6.45, 7) is 0. The van der Waals surface area contributed by atoms with Crippen molar-refractivity contribution in [3.63, 3.8) is 0 Å². The van der Waals surface area contributed by atoms with Gasteiger partial charge in [0.25, 0.3) is 5.88 Å². The molecule has 0 N–H and O–H groups in total. The molecule has 0 atom stereocenters. The Morgan fingerprint density at radius 2 is 1.69 bits per heavy atom. The van der Waals surface area contributed by atoms with Gasteiger partial charge in [-0.3, -0.25) is 0 Å². The number of methoxy groups -OCH3 is 2. The van der Waals surface area contributed by atoms with E-state index in [2.05, 4.69) is 4.98 Å². The van der Waals surface area contributed by atoms with Gasteiger partial charge in [0, 0.05) is 11.8 Å². The van der Waals surface area contributed by atoms with Gasteiger partial charge in [0.05, 0.1) is 14.2 Å². The first-order chi connectivity index (χ1) is 7.85. The van der Waals surface area contributed by atoms with Crippen molar-refractivity contribution in [1.82, 2.24) is 4.98 Å². The molecule has 1 heterocycles. The van der Waals surface area contributed by atoms with Crippen LogP contribution in [0, 0.1) is 0 Å². The zero-order valence-corrected chi connectivity index (χ0v) is 9.31. The van der Waals surface area contributed by atoms with E-state index >= 15 is 0 Å². The molecule has 0 radical (unpaired) electrons. The van der Waals surface area contributed by atoms with Crippen LogP contribution in [0.5, 0.6) is 11.6 Å². The smallest absolute Gasteiger partial charge is 0.256 e. The molecule has 1 aromatic carbocycles. The molecule has 2 aromatic rings. The summed E-state index contributed by atoms with van der Waals surface area (Å²) in [5, 5.41) is 0. The summed E-state index contributed by atoms with van der Waals surface area (Å²) in [4.78, 5) is 4.20. The standard InChI is InChI=1S/C13H13NO2/c1-15-12-8-11(9-14-13(12)16-2)10-6-4-3-5-7-10/h3-9H,1-2H3. The van der Waals surface area contributed by atoms with Gasteiger partial charge in [0.2, 0.25) is 0 Å². The molecule has 0 fully saturated rings. The molecule has 3 heteroatoms. The third kappa shape index (κ3) is 1.98. The predicted molar refractivity (Wildman–Crippen MR) is 62.8 cm³/mol. The largest absolute Gasteiger partial charge is 0.491 e.